The maximum Gasteiger partial charge on any atom is 0.0541 e. The lowest BCUT2D eigenvalue weighted by molar-refractivity contribution is 1.18. The van der Waals surface area contributed by atoms with Gasteiger partial charge >= 0.3 is 0 Å². The van der Waals surface area contributed by atoms with Crippen LogP contribution in [-0.4, -0.2) is 18.3 Å². The first-order chi connectivity index (χ1) is 43.7. The van der Waals surface area contributed by atoms with Crippen molar-refractivity contribution in [1.82, 2.24) is 18.3 Å². The van der Waals surface area contributed by atoms with Crippen molar-refractivity contribution in [2.24, 2.45) is 0 Å². The average molecular weight is 1120 g/mol. The number of hydrogen-bond donors (Lipinski definition) is 0. The predicted octanol–water partition coefficient (Wildman–Crippen LogP) is 22.4. The molecule has 0 saturated heterocycles. The molecule has 0 aliphatic heterocycles. The van der Waals surface area contributed by atoms with Gasteiger partial charge in [-0.05, 0) is 118 Å². The van der Waals surface area contributed by atoms with Crippen LogP contribution in [0.3, 0.4) is 0 Å². The zero-order chi connectivity index (χ0) is 58.1. The van der Waals surface area contributed by atoms with Crippen LogP contribution in [-0.2, 0) is 0 Å². The van der Waals surface area contributed by atoms with E-state index in [1.165, 1.54) is 154 Å². The fourth-order valence-electron chi connectivity index (χ4n) is 13.9. The summed E-state index contributed by atoms with van der Waals surface area (Å²) in [6, 6.07) is 123. The average Bonchev–Trinajstić information content (AvgIpc) is 2.45. The monoisotopic (exact) mass is 1120 g/mol. The SMILES string of the molecule is c1cc(-c2ccc(-c3ccccc3-n3c4ccccc4c4ccccc43)cc2)cc(-n2c3ccccc3c3ccccc32)c1.c1ccc(-n2c3ccccc3c3ccccc32)c(-c2ccc(-c3ccc(-n4c5ccccc5c5ccccc54)cc3)cc2)c1. The first kappa shape index (κ1) is 50.8. The van der Waals surface area contributed by atoms with E-state index in [1.54, 1.807) is 0 Å². The molecular formula is C84H56N4. The Balaban J connectivity index is 0.000000137. The molecule has 0 N–H and O–H groups in total. The van der Waals surface area contributed by atoms with E-state index in [1.807, 2.05) is 0 Å². The van der Waals surface area contributed by atoms with Gasteiger partial charge in [0.25, 0.3) is 0 Å². The third kappa shape index (κ3) is 8.37. The lowest BCUT2D eigenvalue weighted by Gasteiger charge is -2.15. The van der Waals surface area contributed by atoms with Crippen molar-refractivity contribution in [3.8, 4) is 67.3 Å². The van der Waals surface area contributed by atoms with Gasteiger partial charge in [-0.25, -0.2) is 0 Å². The third-order valence-electron chi connectivity index (χ3n) is 17.9. The van der Waals surface area contributed by atoms with E-state index < -0.39 is 0 Å². The topological polar surface area (TPSA) is 19.7 Å². The van der Waals surface area contributed by atoms with Gasteiger partial charge in [0.1, 0.15) is 0 Å². The zero-order valence-corrected chi connectivity index (χ0v) is 48.1. The van der Waals surface area contributed by atoms with Crippen molar-refractivity contribution in [3.63, 3.8) is 0 Å². The minimum Gasteiger partial charge on any atom is -0.309 e. The summed E-state index contributed by atoms with van der Waals surface area (Å²) in [5.74, 6) is 0. The summed E-state index contributed by atoms with van der Waals surface area (Å²) in [4.78, 5) is 0. The molecule has 4 aromatic heterocycles. The molecule has 0 radical (unpaired) electrons. The second-order valence-corrected chi connectivity index (χ2v) is 22.8. The Bertz CT molecular complexity index is 5460. The molecule has 0 spiro atoms. The summed E-state index contributed by atoms with van der Waals surface area (Å²) < 4.78 is 9.55. The van der Waals surface area contributed by atoms with Crippen LogP contribution in [0.4, 0.5) is 0 Å². The van der Waals surface area contributed by atoms with Crippen molar-refractivity contribution in [3.05, 3.63) is 340 Å². The van der Waals surface area contributed by atoms with Crippen LogP contribution in [0.5, 0.6) is 0 Å². The molecule has 0 aliphatic carbocycles. The number of nitrogens with zero attached hydrogens (tertiary/aromatic N) is 4. The van der Waals surface area contributed by atoms with Gasteiger partial charge in [0, 0.05) is 65.6 Å². The molecule has 4 heterocycles. The van der Waals surface area contributed by atoms with Gasteiger partial charge in [-0.2, -0.15) is 0 Å². The summed E-state index contributed by atoms with van der Waals surface area (Å²) in [6.45, 7) is 0. The van der Waals surface area contributed by atoms with E-state index in [2.05, 4.69) is 358 Å². The molecule has 4 heteroatoms. The molecule has 0 bridgehead atoms. The van der Waals surface area contributed by atoms with Gasteiger partial charge in [0.2, 0.25) is 0 Å². The first-order valence-electron chi connectivity index (χ1n) is 30.2. The Kier molecular flexibility index (Phi) is 12.2. The van der Waals surface area contributed by atoms with Crippen molar-refractivity contribution in [2.45, 2.75) is 0 Å². The third-order valence-corrected chi connectivity index (χ3v) is 17.9. The lowest BCUT2D eigenvalue weighted by atomic mass is 9.98. The Hall–Kier alpha value is -11.7. The van der Waals surface area contributed by atoms with Crippen molar-refractivity contribution >= 4 is 87.2 Å². The van der Waals surface area contributed by atoms with Crippen LogP contribution < -0.4 is 0 Å². The molecule has 0 atom stereocenters. The summed E-state index contributed by atoms with van der Waals surface area (Å²) in [5, 5.41) is 10.2. The van der Waals surface area contributed by atoms with Crippen LogP contribution in [0.15, 0.2) is 340 Å². The highest BCUT2D eigenvalue weighted by Crippen LogP contribution is 2.41. The molecule has 412 valence electrons. The Morgan fingerprint density at radius 2 is 0.398 bits per heavy atom. The van der Waals surface area contributed by atoms with Crippen LogP contribution >= 0.6 is 0 Å². The highest BCUT2D eigenvalue weighted by atomic mass is 15.0. The van der Waals surface area contributed by atoms with Crippen LogP contribution in [0.1, 0.15) is 0 Å². The second kappa shape index (κ2) is 21.1. The number of fused-ring (bicyclic) bond motifs is 12. The lowest BCUT2D eigenvalue weighted by Crippen LogP contribution is -1.97. The quantitative estimate of drug-likeness (QED) is 0.144. The number of para-hydroxylation sites is 10. The molecule has 0 saturated carbocycles. The Labute approximate surface area is 509 Å². The molecule has 18 aromatic rings. The van der Waals surface area contributed by atoms with E-state index in [9.17, 15) is 0 Å². The fourth-order valence-corrected chi connectivity index (χ4v) is 13.9. The molecule has 14 aromatic carbocycles. The number of aromatic nitrogens is 4. The van der Waals surface area contributed by atoms with E-state index >= 15 is 0 Å². The summed E-state index contributed by atoms with van der Waals surface area (Å²) in [5.41, 5.74) is 24.1. The van der Waals surface area contributed by atoms with Gasteiger partial charge in [0.05, 0.1) is 55.5 Å². The number of hydrogen-bond acceptors (Lipinski definition) is 0. The Morgan fingerprint density at radius 1 is 0.148 bits per heavy atom. The summed E-state index contributed by atoms with van der Waals surface area (Å²) in [6.07, 6.45) is 0. The minimum atomic E-state index is 1.17. The maximum absolute atomic E-state index is 2.41. The summed E-state index contributed by atoms with van der Waals surface area (Å²) in [7, 11) is 0. The van der Waals surface area contributed by atoms with E-state index in [0.717, 1.165) is 0 Å². The minimum absolute atomic E-state index is 1.17. The number of rotatable bonds is 8. The molecular weight excluding hydrogens is 1060 g/mol. The van der Waals surface area contributed by atoms with Gasteiger partial charge < -0.3 is 18.3 Å². The zero-order valence-electron chi connectivity index (χ0n) is 48.1. The van der Waals surface area contributed by atoms with Gasteiger partial charge in [-0.1, -0.05) is 255 Å². The van der Waals surface area contributed by atoms with Crippen molar-refractivity contribution in [2.75, 3.05) is 0 Å². The molecule has 18 rings (SSSR count). The molecule has 4 nitrogen and oxygen atoms in total. The Morgan fingerprint density at radius 3 is 0.739 bits per heavy atom. The normalized spacial score (nSPS) is 11.6. The van der Waals surface area contributed by atoms with Crippen LogP contribution in [0.25, 0.3) is 154 Å². The first-order valence-corrected chi connectivity index (χ1v) is 30.2. The van der Waals surface area contributed by atoms with Crippen LogP contribution in [0.2, 0.25) is 0 Å². The van der Waals surface area contributed by atoms with Crippen molar-refractivity contribution in [1.29, 1.82) is 0 Å². The highest BCUT2D eigenvalue weighted by Gasteiger charge is 2.19. The van der Waals surface area contributed by atoms with Gasteiger partial charge in [-0.15, -0.1) is 0 Å². The van der Waals surface area contributed by atoms with Crippen molar-refractivity contribution < 1.29 is 0 Å². The van der Waals surface area contributed by atoms with E-state index in [4.69, 9.17) is 0 Å². The molecule has 0 unspecified atom stereocenters. The van der Waals surface area contributed by atoms with E-state index in [0.29, 0.717) is 0 Å². The molecule has 0 aliphatic rings. The molecule has 0 fully saturated rings. The molecule has 0 amide bonds. The maximum atomic E-state index is 2.41. The predicted molar refractivity (Wildman–Crippen MR) is 372 cm³/mol. The fraction of sp³-hybridized carbons (Fsp3) is 0. The standard InChI is InChI=1S/2C42H28N2/c1-6-19-38(44-41-22-9-4-17-36(41)37-18-5-10-23-42(37)44)33(14-1)30-26-24-29(25-27-30)31-12-11-13-32(28-31)43-39-20-7-2-15-34(39)35-16-3-8-21-40(35)43;1-6-16-38(44-41-19-9-4-14-36(41)37-15-5-10-20-42(37)44)33(11-1)31-23-21-29(22-24-31)30-25-27-32(28-26-30)43-39-17-7-2-12-34(39)35-13-3-8-18-40(35)43/h2*1-28H. The van der Waals surface area contributed by atoms with E-state index in [-0.39, 0.29) is 0 Å². The second-order valence-electron chi connectivity index (χ2n) is 22.8. The highest BCUT2D eigenvalue weighted by molar-refractivity contribution is 6.13. The number of benzene rings is 14. The molecule has 88 heavy (non-hydrogen) atoms. The van der Waals surface area contributed by atoms with Crippen LogP contribution in [0, 0.1) is 0 Å². The summed E-state index contributed by atoms with van der Waals surface area (Å²) >= 11 is 0. The van der Waals surface area contributed by atoms with Gasteiger partial charge in [-0.3, -0.25) is 0 Å². The largest absolute Gasteiger partial charge is 0.309 e. The van der Waals surface area contributed by atoms with Gasteiger partial charge in [0.15, 0.2) is 0 Å². The smallest absolute Gasteiger partial charge is 0.0541 e.